The Kier molecular flexibility index (Phi) is 6.74. The van der Waals surface area contributed by atoms with Gasteiger partial charge < -0.3 is 18.8 Å². The van der Waals surface area contributed by atoms with Crippen LogP contribution in [-0.4, -0.2) is 39.2 Å². The fourth-order valence-corrected chi connectivity index (χ4v) is 5.16. The van der Waals surface area contributed by atoms with Crippen molar-refractivity contribution in [3.05, 3.63) is 30.1 Å². The highest BCUT2D eigenvalue weighted by Gasteiger charge is 2.33. The van der Waals surface area contributed by atoms with Crippen molar-refractivity contribution in [1.29, 1.82) is 0 Å². The second kappa shape index (κ2) is 9.51. The minimum absolute atomic E-state index is 0.0137. The Hall–Kier alpha value is -2.22. The summed E-state index contributed by atoms with van der Waals surface area (Å²) in [5, 5.41) is 9.20. The monoisotopic (exact) mass is 445 g/mol. The third-order valence-electron chi connectivity index (χ3n) is 6.23. The minimum atomic E-state index is -0.343. The van der Waals surface area contributed by atoms with Gasteiger partial charge in [-0.2, -0.15) is 0 Å². The summed E-state index contributed by atoms with van der Waals surface area (Å²) in [4.78, 5) is 12.6. The number of carbonyl (C=O) groups excluding carboxylic acids is 1. The first-order valence-corrected chi connectivity index (χ1v) is 12.0. The lowest BCUT2D eigenvalue weighted by molar-refractivity contribution is -0.152. The number of esters is 1. The van der Waals surface area contributed by atoms with Crippen LogP contribution in [0.3, 0.4) is 0 Å². The molecule has 4 unspecified atom stereocenters. The number of hydrogen-bond donors (Lipinski definition) is 0. The summed E-state index contributed by atoms with van der Waals surface area (Å²) in [6.45, 7) is 7.04. The molecule has 31 heavy (non-hydrogen) atoms. The van der Waals surface area contributed by atoms with Gasteiger partial charge in [-0.05, 0) is 42.7 Å². The van der Waals surface area contributed by atoms with Crippen LogP contribution < -0.4 is 9.47 Å². The first kappa shape index (κ1) is 22.0. The van der Waals surface area contributed by atoms with Crippen LogP contribution >= 0.6 is 11.8 Å². The summed E-state index contributed by atoms with van der Waals surface area (Å²) in [5.74, 6) is 3.68. The molecule has 4 atom stereocenters. The number of para-hydroxylation sites is 2. The van der Waals surface area contributed by atoms with Crippen molar-refractivity contribution in [2.24, 2.45) is 24.8 Å². The number of benzene rings is 1. The number of ether oxygens (including phenoxy) is 3. The number of rotatable bonds is 6. The molecule has 1 aromatic heterocycles. The second-order valence-electron chi connectivity index (χ2n) is 8.91. The van der Waals surface area contributed by atoms with E-state index in [-0.39, 0.29) is 23.9 Å². The molecule has 4 rings (SSSR count). The molecule has 8 heteroatoms. The number of nitrogens with zero attached hydrogens (tertiary/aromatic N) is 3. The van der Waals surface area contributed by atoms with Crippen molar-refractivity contribution in [1.82, 2.24) is 14.8 Å². The predicted molar refractivity (Wildman–Crippen MR) is 118 cm³/mol. The van der Waals surface area contributed by atoms with Crippen molar-refractivity contribution in [3.63, 3.8) is 0 Å². The van der Waals surface area contributed by atoms with E-state index in [0.29, 0.717) is 41.1 Å². The highest BCUT2D eigenvalue weighted by molar-refractivity contribution is 7.99. The molecule has 1 saturated carbocycles. The van der Waals surface area contributed by atoms with E-state index in [1.807, 2.05) is 35.9 Å². The molecule has 1 aliphatic carbocycles. The standard InChI is InChI=1S/C23H31N3O4S/c1-14(2)16-10-9-15(3)11-19(16)30-21(27)13-31-23-25-24-22(26(23)4)20-12-28-17-7-5-6-8-18(17)29-20/h5-8,14-16,19-20H,9-13H2,1-4H3. The molecule has 1 aromatic carbocycles. The summed E-state index contributed by atoms with van der Waals surface area (Å²) in [6, 6.07) is 7.58. The molecule has 1 aliphatic heterocycles. The normalized spacial score (nSPS) is 25.5. The Labute approximate surface area is 187 Å². The summed E-state index contributed by atoms with van der Waals surface area (Å²) in [7, 11) is 1.88. The maximum absolute atomic E-state index is 12.6. The van der Waals surface area contributed by atoms with Crippen LogP contribution in [0.25, 0.3) is 0 Å². The fourth-order valence-electron chi connectivity index (χ4n) is 4.46. The maximum Gasteiger partial charge on any atom is 0.316 e. The predicted octanol–water partition coefficient (Wildman–Crippen LogP) is 4.42. The quantitative estimate of drug-likeness (QED) is 0.481. The van der Waals surface area contributed by atoms with E-state index in [2.05, 4.69) is 31.0 Å². The molecule has 0 radical (unpaired) electrons. The van der Waals surface area contributed by atoms with E-state index in [9.17, 15) is 4.79 Å². The van der Waals surface area contributed by atoms with Crippen LogP contribution in [-0.2, 0) is 16.6 Å². The van der Waals surface area contributed by atoms with E-state index in [1.165, 1.54) is 18.2 Å². The zero-order chi connectivity index (χ0) is 22.0. The van der Waals surface area contributed by atoms with Crippen LogP contribution in [0, 0.1) is 17.8 Å². The van der Waals surface area contributed by atoms with Crippen molar-refractivity contribution in [3.8, 4) is 11.5 Å². The van der Waals surface area contributed by atoms with Gasteiger partial charge in [-0.1, -0.05) is 51.1 Å². The lowest BCUT2D eigenvalue weighted by atomic mass is 9.75. The first-order chi connectivity index (χ1) is 14.9. The number of hydrogen-bond acceptors (Lipinski definition) is 7. The third kappa shape index (κ3) is 5.00. The van der Waals surface area contributed by atoms with Crippen LogP contribution in [0.4, 0.5) is 0 Å². The first-order valence-electron chi connectivity index (χ1n) is 11.0. The summed E-state index contributed by atoms with van der Waals surface area (Å²) < 4.78 is 19.6. The van der Waals surface area contributed by atoms with Gasteiger partial charge in [-0.15, -0.1) is 10.2 Å². The van der Waals surface area contributed by atoms with Gasteiger partial charge in [0.25, 0.3) is 0 Å². The number of thioether (sulfide) groups is 1. The topological polar surface area (TPSA) is 75.5 Å². The average molecular weight is 446 g/mol. The van der Waals surface area contributed by atoms with Crippen molar-refractivity contribution in [2.45, 2.75) is 57.4 Å². The van der Waals surface area contributed by atoms with Gasteiger partial charge in [0.1, 0.15) is 12.7 Å². The van der Waals surface area contributed by atoms with Crippen LogP contribution in [0.5, 0.6) is 11.5 Å². The molecule has 0 spiro atoms. The molecule has 2 aromatic rings. The van der Waals surface area contributed by atoms with Crippen molar-refractivity contribution < 1.29 is 19.0 Å². The van der Waals surface area contributed by atoms with Gasteiger partial charge in [0.2, 0.25) is 0 Å². The van der Waals surface area contributed by atoms with E-state index in [0.717, 1.165) is 18.6 Å². The lowest BCUT2D eigenvalue weighted by Gasteiger charge is -2.36. The number of fused-ring (bicyclic) bond motifs is 1. The van der Waals surface area contributed by atoms with Crippen molar-refractivity contribution >= 4 is 17.7 Å². The Balaban J connectivity index is 1.34. The maximum atomic E-state index is 12.6. The van der Waals surface area contributed by atoms with Crippen LogP contribution in [0.2, 0.25) is 0 Å². The van der Waals surface area contributed by atoms with Crippen LogP contribution in [0.1, 0.15) is 52.0 Å². The molecular formula is C23H31N3O4S. The molecule has 1 fully saturated rings. The van der Waals surface area contributed by atoms with E-state index in [1.54, 1.807) is 0 Å². The molecular weight excluding hydrogens is 414 g/mol. The molecule has 0 bridgehead atoms. The Morgan fingerprint density at radius 3 is 2.81 bits per heavy atom. The zero-order valence-corrected chi connectivity index (χ0v) is 19.4. The smallest absolute Gasteiger partial charge is 0.316 e. The summed E-state index contributed by atoms with van der Waals surface area (Å²) in [5.41, 5.74) is 0. The van der Waals surface area contributed by atoms with Gasteiger partial charge in [0.15, 0.2) is 28.6 Å². The summed E-state index contributed by atoms with van der Waals surface area (Å²) in [6.07, 6.45) is 2.96. The van der Waals surface area contributed by atoms with E-state index in [4.69, 9.17) is 14.2 Å². The average Bonchev–Trinajstić information content (AvgIpc) is 3.12. The SMILES string of the molecule is CC1CCC(C(C)C)C(OC(=O)CSc2nnc(C3COc4ccccc4O3)n2C)C1. The van der Waals surface area contributed by atoms with Gasteiger partial charge in [-0.25, -0.2) is 0 Å². The Bertz CT molecular complexity index is 916. The molecule has 168 valence electrons. The largest absolute Gasteiger partial charge is 0.485 e. The highest BCUT2D eigenvalue weighted by Crippen LogP contribution is 2.37. The van der Waals surface area contributed by atoms with Crippen molar-refractivity contribution in [2.75, 3.05) is 12.4 Å². The molecule has 0 amide bonds. The second-order valence-corrected chi connectivity index (χ2v) is 9.85. The number of aromatic nitrogens is 3. The highest BCUT2D eigenvalue weighted by atomic mass is 32.2. The third-order valence-corrected chi connectivity index (χ3v) is 7.22. The fraction of sp³-hybridized carbons (Fsp3) is 0.609. The van der Waals surface area contributed by atoms with Crippen LogP contribution in [0.15, 0.2) is 29.4 Å². The Morgan fingerprint density at radius 1 is 1.26 bits per heavy atom. The molecule has 0 saturated heterocycles. The minimum Gasteiger partial charge on any atom is -0.485 e. The number of carbonyl (C=O) groups is 1. The molecule has 7 nitrogen and oxygen atoms in total. The van der Waals surface area contributed by atoms with E-state index < -0.39 is 0 Å². The molecule has 2 heterocycles. The zero-order valence-electron chi connectivity index (χ0n) is 18.6. The van der Waals surface area contributed by atoms with Gasteiger partial charge in [0, 0.05) is 7.05 Å². The lowest BCUT2D eigenvalue weighted by Crippen LogP contribution is -2.36. The van der Waals surface area contributed by atoms with E-state index >= 15 is 0 Å². The summed E-state index contributed by atoms with van der Waals surface area (Å²) >= 11 is 1.34. The molecule has 2 aliphatic rings. The Morgan fingerprint density at radius 2 is 2.03 bits per heavy atom. The van der Waals surface area contributed by atoms with Gasteiger partial charge in [-0.3, -0.25) is 4.79 Å². The van der Waals surface area contributed by atoms with Gasteiger partial charge >= 0.3 is 5.97 Å². The molecule has 0 N–H and O–H groups in total. The van der Waals surface area contributed by atoms with Gasteiger partial charge in [0.05, 0.1) is 5.75 Å².